The zero-order valence-corrected chi connectivity index (χ0v) is 9.60. The van der Waals surface area contributed by atoms with Gasteiger partial charge in [0.1, 0.15) is 5.82 Å². The Morgan fingerprint density at radius 3 is 3.00 bits per heavy atom. The summed E-state index contributed by atoms with van der Waals surface area (Å²) < 4.78 is 13.1. The summed E-state index contributed by atoms with van der Waals surface area (Å²) in [5.41, 5.74) is 0.352. The van der Waals surface area contributed by atoms with Crippen LogP contribution in [0.5, 0.6) is 0 Å². The van der Waals surface area contributed by atoms with Crippen molar-refractivity contribution in [2.24, 2.45) is 0 Å². The van der Waals surface area contributed by atoms with E-state index in [0.29, 0.717) is 12.1 Å². The van der Waals surface area contributed by atoms with E-state index in [4.69, 9.17) is 0 Å². The van der Waals surface area contributed by atoms with Gasteiger partial charge in [0.25, 0.3) is 5.91 Å². The molecule has 0 bridgehead atoms. The first kappa shape index (κ1) is 12.0. The third-order valence-electron chi connectivity index (χ3n) is 3.17. The van der Waals surface area contributed by atoms with Gasteiger partial charge >= 0.3 is 0 Å². The molecule has 1 saturated heterocycles. The molecular weight excluding hydrogens is 221 g/mol. The SMILES string of the molecule is O=C(c1cccc(F)c1)N1CCCCC1CO. The number of likely N-dealkylation sites (tertiary alicyclic amines) is 1. The number of piperidine rings is 1. The summed E-state index contributed by atoms with van der Waals surface area (Å²) in [5, 5.41) is 9.24. The molecule has 1 amide bonds. The summed E-state index contributed by atoms with van der Waals surface area (Å²) in [6, 6.07) is 5.57. The fourth-order valence-electron chi connectivity index (χ4n) is 2.25. The Morgan fingerprint density at radius 1 is 1.47 bits per heavy atom. The van der Waals surface area contributed by atoms with Crippen molar-refractivity contribution in [1.29, 1.82) is 0 Å². The molecule has 0 saturated carbocycles. The molecule has 2 rings (SSSR count). The standard InChI is InChI=1S/C13H16FNO2/c14-11-5-3-4-10(8-11)13(17)15-7-2-1-6-12(15)9-16/h3-5,8,12,16H,1-2,6-7,9H2. The van der Waals surface area contributed by atoms with Crippen LogP contribution in [0.3, 0.4) is 0 Å². The predicted molar refractivity (Wildman–Crippen MR) is 62.2 cm³/mol. The smallest absolute Gasteiger partial charge is 0.254 e. The van der Waals surface area contributed by atoms with Crippen LogP contribution in [0.1, 0.15) is 29.6 Å². The van der Waals surface area contributed by atoms with E-state index in [-0.39, 0.29) is 18.6 Å². The van der Waals surface area contributed by atoms with Crippen molar-refractivity contribution in [3.8, 4) is 0 Å². The molecule has 1 aliphatic rings. The number of rotatable bonds is 2. The summed E-state index contributed by atoms with van der Waals surface area (Å²) in [7, 11) is 0. The van der Waals surface area contributed by atoms with Gasteiger partial charge in [-0.2, -0.15) is 0 Å². The number of hydrogen-bond donors (Lipinski definition) is 1. The Kier molecular flexibility index (Phi) is 3.74. The van der Waals surface area contributed by atoms with Crippen LogP contribution in [0.15, 0.2) is 24.3 Å². The lowest BCUT2D eigenvalue weighted by Gasteiger charge is -2.34. The quantitative estimate of drug-likeness (QED) is 0.852. The maximum atomic E-state index is 13.1. The van der Waals surface area contributed by atoms with E-state index in [1.54, 1.807) is 11.0 Å². The largest absolute Gasteiger partial charge is 0.394 e. The molecule has 1 unspecified atom stereocenters. The van der Waals surface area contributed by atoms with Gasteiger partial charge in [-0.05, 0) is 37.5 Å². The second-order valence-electron chi connectivity index (χ2n) is 4.34. The molecule has 1 aliphatic heterocycles. The molecule has 1 heterocycles. The van der Waals surface area contributed by atoms with Crippen molar-refractivity contribution in [3.63, 3.8) is 0 Å². The summed E-state index contributed by atoms with van der Waals surface area (Å²) >= 11 is 0. The third kappa shape index (κ3) is 2.64. The Morgan fingerprint density at radius 2 is 2.29 bits per heavy atom. The number of carbonyl (C=O) groups is 1. The van der Waals surface area contributed by atoms with Crippen molar-refractivity contribution >= 4 is 5.91 Å². The normalized spacial score (nSPS) is 20.4. The van der Waals surface area contributed by atoms with Crippen LogP contribution in [0.25, 0.3) is 0 Å². The minimum atomic E-state index is -0.409. The molecule has 0 spiro atoms. The van der Waals surface area contributed by atoms with E-state index in [0.717, 1.165) is 19.3 Å². The summed E-state index contributed by atoms with van der Waals surface area (Å²) in [4.78, 5) is 13.8. The molecule has 1 aromatic carbocycles. The number of nitrogens with zero attached hydrogens (tertiary/aromatic N) is 1. The zero-order valence-electron chi connectivity index (χ0n) is 9.60. The van der Waals surface area contributed by atoms with Crippen molar-refractivity contribution < 1.29 is 14.3 Å². The van der Waals surface area contributed by atoms with Gasteiger partial charge in [-0.1, -0.05) is 6.07 Å². The number of halogens is 1. The third-order valence-corrected chi connectivity index (χ3v) is 3.17. The molecule has 1 atom stereocenters. The lowest BCUT2D eigenvalue weighted by atomic mass is 10.0. The van der Waals surface area contributed by atoms with Gasteiger partial charge in [0.15, 0.2) is 0 Å². The Hall–Kier alpha value is -1.42. The monoisotopic (exact) mass is 237 g/mol. The van der Waals surface area contributed by atoms with E-state index < -0.39 is 5.82 Å². The Labute approximate surface area is 99.9 Å². The fraction of sp³-hybridized carbons (Fsp3) is 0.462. The molecule has 0 aliphatic carbocycles. The van der Waals surface area contributed by atoms with Crippen LogP contribution in [0, 0.1) is 5.82 Å². The maximum Gasteiger partial charge on any atom is 0.254 e. The average molecular weight is 237 g/mol. The molecule has 3 nitrogen and oxygen atoms in total. The minimum Gasteiger partial charge on any atom is -0.394 e. The van der Waals surface area contributed by atoms with Crippen LogP contribution < -0.4 is 0 Å². The molecular formula is C13H16FNO2. The van der Waals surface area contributed by atoms with Crippen LogP contribution in [-0.2, 0) is 0 Å². The Bertz CT molecular complexity index is 408. The zero-order chi connectivity index (χ0) is 12.3. The second kappa shape index (κ2) is 5.27. The summed E-state index contributed by atoms with van der Waals surface area (Å²) in [5.74, 6) is -0.600. The molecule has 17 heavy (non-hydrogen) atoms. The van der Waals surface area contributed by atoms with Gasteiger partial charge in [-0.3, -0.25) is 4.79 Å². The van der Waals surface area contributed by atoms with E-state index in [9.17, 15) is 14.3 Å². The molecule has 1 fully saturated rings. The molecule has 0 radical (unpaired) electrons. The number of benzene rings is 1. The van der Waals surface area contributed by atoms with Gasteiger partial charge in [-0.15, -0.1) is 0 Å². The highest BCUT2D eigenvalue weighted by Crippen LogP contribution is 2.19. The van der Waals surface area contributed by atoms with Crippen molar-refractivity contribution in [1.82, 2.24) is 4.90 Å². The van der Waals surface area contributed by atoms with Gasteiger partial charge < -0.3 is 10.0 Å². The van der Waals surface area contributed by atoms with Gasteiger partial charge in [-0.25, -0.2) is 4.39 Å². The first-order valence-corrected chi connectivity index (χ1v) is 5.90. The van der Waals surface area contributed by atoms with Crippen LogP contribution in [0.2, 0.25) is 0 Å². The van der Waals surface area contributed by atoms with E-state index in [2.05, 4.69) is 0 Å². The lowest BCUT2D eigenvalue weighted by Crippen LogP contribution is -2.45. The second-order valence-corrected chi connectivity index (χ2v) is 4.34. The number of hydrogen-bond acceptors (Lipinski definition) is 2. The van der Waals surface area contributed by atoms with Gasteiger partial charge in [0.2, 0.25) is 0 Å². The van der Waals surface area contributed by atoms with E-state index in [1.807, 2.05) is 0 Å². The summed E-state index contributed by atoms with van der Waals surface area (Å²) in [6.07, 6.45) is 2.78. The van der Waals surface area contributed by atoms with E-state index >= 15 is 0 Å². The van der Waals surface area contributed by atoms with Crippen LogP contribution in [-0.4, -0.2) is 35.1 Å². The number of amides is 1. The molecule has 4 heteroatoms. The summed E-state index contributed by atoms with van der Waals surface area (Å²) in [6.45, 7) is 0.613. The predicted octanol–water partition coefficient (Wildman–Crippen LogP) is 1.81. The number of aliphatic hydroxyl groups is 1. The lowest BCUT2D eigenvalue weighted by molar-refractivity contribution is 0.0502. The maximum absolute atomic E-state index is 13.1. The number of carbonyl (C=O) groups excluding carboxylic acids is 1. The Balaban J connectivity index is 2.18. The van der Waals surface area contributed by atoms with E-state index in [1.165, 1.54) is 18.2 Å². The van der Waals surface area contributed by atoms with Gasteiger partial charge in [0.05, 0.1) is 12.6 Å². The highest BCUT2D eigenvalue weighted by atomic mass is 19.1. The molecule has 1 aromatic rings. The van der Waals surface area contributed by atoms with Crippen molar-refractivity contribution in [3.05, 3.63) is 35.6 Å². The number of aliphatic hydroxyl groups excluding tert-OH is 1. The molecule has 0 aromatic heterocycles. The van der Waals surface area contributed by atoms with Crippen molar-refractivity contribution in [2.75, 3.05) is 13.2 Å². The average Bonchev–Trinajstić information content (AvgIpc) is 2.38. The van der Waals surface area contributed by atoms with Crippen molar-refractivity contribution in [2.45, 2.75) is 25.3 Å². The topological polar surface area (TPSA) is 40.5 Å². The molecule has 92 valence electrons. The minimum absolute atomic E-state index is 0.0267. The van der Waals surface area contributed by atoms with Crippen LogP contribution >= 0.6 is 0 Å². The van der Waals surface area contributed by atoms with Crippen LogP contribution in [0.4, 0.5) is 4.39 Å². The highest BCUT2D eigenvalue weighted by Gasteiger charge is 2.26. The first-order valence-electron chi connectivity index (χ1n) is 5.90. The first-order chi connectivity index (χ1) is 8.22. The molecule has 1 N–H and O–H groups in total. The van der Waals surface area contributed by atoms with Gasteiger partial charge in [0, 0.05) is 12.1 Å². The highest BCUT2D eigenvalue weighted by molar-refractivity contribution is 5.94. The fourth-order valence-corrected chi connectivity index (χ4v) is 2.25.